The van der Waals surface area contributed by atoms with Crippen LogP contribution in [0.5, 0.6) is 0 Å². The highest BCUT2D eigenvalue weighted by Crippen LogP contribution is 2.13. The molecule has 11 nitrogen and oxygen atoms in total. The van der Waals surface area contributed by atoms with Gasteiger partial charge in [-0.1, -0.05) is 60.7 Å². The molecule has 1 heterocycles. The van der Waals surface area contributed by atoms with Gasteiger partial charge in [-0.3, -0.25) is 9.59 Å². The van der Waals surface area contributed by atoms with Crippen LogP contribution in [0.25, 0.3) is 0 Å². The lowest BCUT2D eigenvalue weighted by molar-refractivity contribution is -0.197. The minimum atomic E-state index is -0.824. The molecule has 1 fully saturated rings. The first-order valence-electron chi connectivity index (χ1n) is 11.4. The van der Waals surface area contributed by atoms with E-state index in [0.717, 1.165) is 11.1 Å². The van der Waals surface area contributed by atoms with Crippen LogP contribution < -0.4 is 10.6 Å². The monoisotopic (exact) mass is 497 g/mol. The Morgan fingerprint density at radius 3 is 1.89 bits per heavy atom. The summed E-state index contributed by atoms with van der Waals surface area (Å²) in [6, 6.07) is 17.4. The third kappa shape index (κ3) is 8.75. The van der Waals surface area contributed by atoms with Crippen molar-refractivity contribution in [3.63, 3.8) is 0 Å². The number of ether oxygens (including phenoxy) is 2. The number of amides is 4. The maximum absolute atomic E-state index is 12.3. The Bertz CT molecular complexity index is 1050. The molecule has 11 heteroatoms. The molecule has 4 amide bonds. The van der Waals surface area contributed by atoms with E-state index in [4.69, 9.17) is 14.3 Å². The fourth-order valence-corrected chi connectivity index (χ4v) is 3.23. The van der Waals surface area contributed by atoms with Gasteiger partial charge in [0.1, 0.15) is 13.2 Å². The van der Waals surface area contributed by atoms with Crippen LogP contribution in [0.15, 0.2) is 60.7 Å². The van der Waals surface area contributed by atoms with Crippen LogP contribution >= 0.6 is 0 Å². The highest BCUT2D eigenvalue weighted by molar-refractivity contribution is 6.01. The van der Waals surface area contributed by atoms with Gasteiger partial charge in [-0.25, -0.2) is 14.4 Å². The third-order valence-electron chi connectivity index (χ3n) is 5.14. The van der Waals surface area contributed by atoms with Crippen molar-refractivity contribution in [2.24, 2.45) is 0 Å². The summed E-state index contributed by atoms with van der Waals surface area (Å²) in [6.07, 6.45) is -1.69. The highest BCUT2D eigenvalue weighted by Gasteiger charge is 2.33. The third-order valence-corrected chi connectivity index (χ3v) is 5.14. The van der Waals surface area contributed by atoms with Crippen LogP contribution in [0, 0.1) is 0 Å². The van der Waals surface area contributed by atoms with E-state index in [1.54, 1.807) is 12.1 Å². The normalized spacial score (nSPS) is 13.6. The van der Waals surface area contributed by atoms with Gasteiger partial charge in [0.05, 0.1) is 6.04 Å². The molecule has 1 aliphatic rings. The molecule has 190 valence electrons. The van der Waals surface area contributed by atoms with Crippen molar-refractivity contribution in [1.29, 1.82) is 0 Å². The first kappa shape index (κ1) is 26.2. The van der Waals surface area contributed by atoms with Crippen LogP contribution in [0.3, 0.4) is 0 Å². The SMILES string of the molecule is O=C(CCC(CNC(=O)OCc1ccccc1)NC(=O)OCc1ccccc1)ON1C(=O)CCC1=O. The molecule has 2 aromatic carbocycles. The van der Waals surface area contributed by atoms with Gasteiger partial charge in [0.25, 0.3) is 11.8 Å². The van der Waals surface area contributed by atoms with Crippen LogP contribution in [-0.2, 0) is 41.9 Å². The molecule has 3 rings (SSSR count). The van der Waals surface area contributed by atoms with E-state index in [1.165, 1.54) is 0 Å². The standard InChI is InChI=1S/C25H27N3O8/c29-21-12-13-22(30)28(21)36-23(31)14-11-20(27-25(33)35-17-19-9-5-2-6-10-19)15-26-24(32)34-16-18-7-3-1-4-8-18/h1-10,20H,11-17H2,(H,26,32)(H,27,33). The molecule has 1 aliphatic heterocycles. The predicted molar refractivity (Wildman–Crippen MR) is 125 cm³/mol. The molecule has 0 aliphatic carbocycles. The lowest BCUT2D eigenvalue weighted by atomic mass is 10.1. The molecule has 1 saturated heterocycles. The Morgan fingerprint density at radius 1 is 0.806 bits per heavy atom. The molecule has 1 atom stereocenters. The number of hydroxylamine groups is 2. The molecule has 0 saturated carbocycles. The van der Waals surface area contributed by atoms with E-state index < -0.39 is 36.0 Å². The summed E-state index contributed by atoms with van der Waals surface area (Å²) >= 11 is 0. The van der Waals surface area contributed by atoms with Crippen molar-refractivity contribution in [2.75, 3.05) is 6.54 Å². The summed E-state index contributed by atoms with van der Waals surface area (Å²) in [5, 5.41) is 5.59. The van der Waals surface area contributed by atoms with Crippen molar-refractivity contribution in [2.45, 2.75) is 44.9 Å². The zero-order chi connectivity index (χ0) is 25.8. The minimum Gasteiger partial charge on any atom is -0.445 e. The number of alkyl carbamates (subject to hydrolysis) is 2. The van der Waals surface area contributed by atoms with Crippen molar-refractivity contribution in [3.05, 3.63) is 71.8 Å². The minimum absolute atomic E-state index is 0.0153. The van der Waals surface area contributed by atoms with Crippen LogP contribution in [0.2, 0.25) is 0 Å². The number of hydrogen-bond donors (Lipinski definition) is 2. The average molecular weight is 498 g/mol. The average Bonchev–Trinajstić information content (AvgIpc) is 3.21. The number of carbonyl (C=O) groups excluding carboxylic acids is 5. The predicted octanol–water partition coefficient (Wildman–Crippen LogP) is 2.60. The zero-order valence-electron chi connectivity index (χ0n) is 19.5. The quantitative estimate of drug-likeness (QED) is 0.452. The molecule has 1 unspecified atom stereocenters. The topological polar surface area (TPSA) is 140 Å². The molecule has 0 spiro atoms. The number of rotatable bonds is 11. The van der Waals surface area contributed by atoms with Crippen LogP contribution in [0.4, 0.5) is 9.59 Å². The fraction of sp³-hybridized carbons (Fsp3) is 0.320. The number of carbonyl (C=O) groups is 5. The van der Waals surface area contributed by atoms with Crippen LogP contribution in [0.1, 0.15) is 36.8 Å². The van der Waals surface area contributed by atoms with Crippen molar-refractivity contribution in [3.8, 4) is 0 Å². The van der Waals surface area contributed by atoms with E-state index in [1.807, 2.05) is 48.5 Å². The second-order valence-electron chi connectivity index (χ2n) is 7.93. The van der Waals surface area contributed by atoms with E-state index in [-0.39, 0.29) is 45.4 Å². The van der Waals surface area contributed by atoms with Gasteiger partial charge in [-0.15, -0.1) is 5.06 Å². The fourth-order valence-electron chi connectivity index (χ4n) is 3.23. The summed E-state index contributed by atoms with van der Waals surface area (Å²) in [6.45, 7) is 0.0319. The Kier molecular flexibility index (Phi) is 9.80. The van der Waals surface area contributed by atoms with E-state index >= 15 is 0 Å². The molecule has 0 radical (unpaired) electrons. The Labute approximate surface area is 207 Å². The summed E-state index contributed by atoms with van der Waals surface area (Å²) in [4.78, 5) is 64.7. The van der Waals surface area contributed by atoms with Gasteiger partial charge in [-0.2, -0.15) is 0 Å². The van der Waals surface area contributed by atoms with Gasteiger partial charge < -0.3 is 24.9 Å². The van der Waals surface area contributed by atoms with Gasteiger partial charge >= 0.3 is 18.2 Å². The molecule has 0 bridgehead atoms. The molecule has 2 aromatic rings. The second-order valence-corrected chi connectivity index (χ2v) is 7.93. The zero-order valence-corrected chi connectivity index (χ0v) is 19.5. The number of nitrogens with zero attached hydrogens (tertiary/aromatic N) is 1. The van der Waals surface area contributed by atoms with E-state index in [2.05, 4.69) is 10.6 Å². The lowest BCUT2D eigenvalue weighted by Gasteiger charge is -2.19. The Morgan fingerprint density at radius 2 is 1.33 bits per heavy atom. The Hall–Kier alpha value is -4.41. The number of nitrogens with one attached hydrogen (secondary N) is 2. The molecule has 36 heavy (non-hydrogen) atoms. The van der Waals surface area contributed by atoms with E-state index in [9.17, 15) is 24.0 Å². The number of benzene rings is 2. The van der Waals surface area contributed by atoms with Gasteiger partial charge in [0.2, 0.25) is 0 Å². The Balaban J connectivity index is 1.49. The molecular formula is C25H27N3O8. The summed E-state index contributed by atoms with van der Waals surface area (Å²) in [7, 11) is 0. The summed E-state index contributed by atoms with van der Waals surface area (Å²) in [5.74, 6) is -2.00. The van der Waals surface area contributed by atoms with Crippen molar-refractivity contribution in [1.82, 2.24) is 15.7 Å². The second kappa shape index (κ2) is 13.5. The van der Waals surface area contributed by atoms with E-state index in [0.29, 0.717) is 5.06 Å². The van der Waals surface area contributed by atoms with Gasteiger partial charge in [-0.05, 0) is 17.5 Å². The van der Waals surface area contributed by atoms with Crippen molar-refractivity contribution < 1.29 is 38.3 Å². The number of imide groups is 1. The molecular weight excluding hydrogens is 470 g/mol. The van der Waals surface area contributed by atoms with Crippen molar-refractivity contribution >= 4 is 30.0 Å². The summed E-state index contributed by atoms with van der Waals surface area (Å²) in [5.41, 5.74) is 1.59. The highest BCUT2D eigenvalue weighted by atomic mass is 16.7. The lowest BCUT2D eigenvalue weighted by Crippen LogP contribution is -2.44. The summed E-state index contributed by atoms with van der Waals surface area (Å²) < 4.78 is 10.4. The van der Waals surface area contributed by atoms with Gasteiger partial charge in [0, 0.05) is 25.8 Å². The largest absolute Gasteiger partial charge is 0.445 e. The van der Waals surface area contributed by atoms with Crippen LogP contribution in [-0.4, -0.2) is 47.6 Å². The maximum atomic E-state index is 12.3. The number of hydrogen-bond acceptors (Lipinski definition) is 8. The smallest absolute Gasteiger partial charge is 0.407 e. The molecule has 2 N–H and O–H groups in total. The van der Waals surface area contributed by atoms with Gasteiger partial charge in [0.15, 0.2) is 0 Å². The maximum Gasteiger partial charge on any atom is 0.407 e. The first-order chi connectivity index (χ1) is 17.4. The molecule has 0 aromatic heterocycles. The first-order valence-corrected chi connectivity index (χ1v) is 11.4.